The van der Waals surface area contributed by atoms with Crippen LogP contribution in [0.2, 0.25) is 0 Å². The number of anilines is 1. The van der Waals surface area contributed by atoms with Gasteiger partial charge in [0.2, 0.25) is 0 Å². The topological polar surface area (TPSA) is 24.8 Å². The molecule has 1 fully saturated rings. The van der Waals surface area contributed by atoms with E-state index in [1.165, 1.54) is 12.0 Å². The predicted molar refractivity (Wildman–Crippen MR) is 66.9 cm³/mol. The Morgan fingerprint density at radius 1 is 1.47 bits per heavy atom. The third-order valence-corrected chi connectivity index (χ3v) is 2.97. The second-order valence-corrected chi connectivity index (χ2v) is 3.94. The van der Waals surface area contributed by atoms with Gasteiger partial charge in [0, 0.05) is 18.6 Å². The molecule has 78 valence electrons. The standard InChI is InChI=1S/C10H10N2OS2/c14-7-11-9-3-1-2-4-10(9)12-5-6-13-15-8-12/h1-4H,5-6,8H2. The van der Waals surface area contributed by atoms with E-state index >= 15 is 0 Å². The molecule has 1 aromatic carbocycles. The lowest BCUT2D eigenvalue weighted by atomic mass is 10.2. The Labute approximate surface area is 98.3 Å². The van der Waals surface area contributed by atoms with Crippen LogP contribution in [0.5, 0.6) is 0 Å². The average Bonchev–Trinajstić information content (AvgIpc) is 2.31. The fourth-order valence-electron chi connectivity index (χ4n) is 1.44. The van der Waals surface area contributed by atoms with Gasteiger partial charge < -0.3 is 9.08 Å². The summed E-state index contributed by atoms with van der Waals surface area (Å²) >= 11 is 6.09. The number of aliphatic imine (C=N–C) groups is 1. The summed E-state index contributed by atoms with van der Waals surface area (Å²) in [7, 11) is 0. The van der Waals surface area contributed by atoms with E-state index in [0.29, 0.717) is 0 Å². The maximum absolute atomic E-state index is 5.23. The van der Waals surface area contributed by atoms with E-state index in [2.05, 4.69) is 27.3 Å². The fraction of sp³-hybridized carbons (Fsp3) is 0.300. The Morgan fingerprint density at radius 2 is 2.33 bits per heavy atom. The van der Waals surface area contributed by atoms with Gasteiger partial charge in [0.15, 0.2) is 0 Å². The summed E-state index contributed by atoms with van der Waals surface area (Å²) in [5, 5.41) is 2.41. The highest BCUT2D eigenvalue weighted by atomic mass is 32.2. The quantitative estimate of drug-likeness (QED) is 0.449. The maximum atomic E-state index is 5.23. The van der Waals surface area contributed by atoms with Crippen molar-refractivity contribution in [2.75, 3.05) is 23.9 Å². The predicted octanol–water partition coefficient (Wildman–Crippen LogP) is 2.86. The Kier molecular flexibility index (Phi) is 3.75. The molecule has 15 heavy (non-hydrogen) atoms. The summed E-state index contributed by atoms with van der Waals surface area (Å²) in [6.45, 7) is 1.62. The molecular weight excluding hydrogens is 228 g/mol. The Morgan fingerprint density at radius 3 is 3.07 bits per heavy atom. The number of nitrogens with zero attached hydrogens (tertiary/aromatic N) is 2. The number of hydrogen-bond donors (Lipinski definition) is 0. The van der Waals surface area contributed by atoms with Crippen molar-refractivity contribution in [3.8, 4) is 0 Å². The highest BCUT2D eigenvalue weighted by Crippen LogP contribution is 2.30. The minimum atomic E-state index is 0.736. The summed E-state index contributed by atoms with van der Waals surface area (Å²) < 4.78 is 5.23. The van der Waals surface area contributed by atoms with Crippen molar-refractivity contribution in [1.29, 1.82) is 0 Å². The molecule has 0 radical (unpaired) electrons. The van der Waals surface area contributed by atoms with E-state index in [-0.39, 0.29) is 0 Å². The van der Waals surface area contributed by atoms with E-state index in [1.807, 2.05) is 24.3 Å². The summed E-state index contributed by atoms with van der Waals surface area (Å²) in [6.07, 6.45) is 0. The SMILES string of the molecule is S=C=Nc1ccccc1N1CCOSC1. The van der Waals surface area contributed by atoms with Crippen LogP contribution >= 0.6 is 24.3 Å². The lowest BCUT2D eigenvalue weighted by Gasteiger charge is -2.28. The molecule has 2 rings (SSSR count). The summed E-state index contributed by atoms with van der Waals surface area (Å²) in [4.78, 5) is 6.28. The van der Waals surface area contributed by atoms with Gasteiger partial charge in [0.25, 0.3) is 0 Å². The van der Waals surface area contributed by atoms with Gasteiger partial charge in [-0.25, -0.2) is 0 Å². The Bertz CT molecular complexity index is 385. The van der Waals surface area contributed by atoms with Crippen molar-refractivity contribution in [2.24, 2.45) is 4.99 Å². The molecule has 1 saturated heterocycles. The fourth-order valence-corrected chi connectivity index (χ4v) is 2.20. The van der Waals surface area contributed by atoms with Crippen LogP contribution in [0.1, 0.15) is 0 Å². The number of hydrogen-bond acceptors (Lipinski definition) is 5. The van der Waals surface area contributed by atoms with Crippen molar-refractivity contribution in [3.63, 3.8) is 0 Å². The van der Waals surface area contributed by atoms with E-state index in [1.54, 1.807) is 0 Å². The highest BCUT2D eigenvalue weighted by Gasteiger charge is 2.14. The number of para-hydroxylation sites is 2. The van der Waals surface area contributed by atoms with Crippen molar-refractivity contribution >= 4 is 40.8 Å². The summed E-state index contributed by atoms with van der Waals surface area (Å²) in [5.74, 6) is 0.823. The first-order valence-corrected chi connectivity index (χ1v) is 5.90. The third kappa shape index (κ3) is 2.58. The molecule has 1 aromatic rings. The van der Waals surface area contributed by atoms with Crippen LogP contribution in [-0.4, -0.2) is 24.2 Å². The van der Waals surface area contributed by atoms with Crippen LogP contribution in [0.15, 0.2) is 29.3 Å². The van der Waals surface area contributed by atoms with E-state index in [9.17, 15) is 0 Å². The first-order chi connectivity index (χ1) is 7.42. The molecule has 0 aromatic heterocycles. The number of isothiocyanates is 1. The molecule has 1 heterocycles. The first-order valence-electron chi connectivity index (χ1n) is 4.58. The molecule has 0 bridgehead atoms. The number of benzene rings is 1. The largest absolute Gasteiger partial charge is 0.356 e. The maximum Gasteiger partial charge on any atom is 0.0973 e. The zero-order chi connectivity index (χ0) is 10.5. The molecule has 0 N–H and O–H groups in total. The van der Waals surface area contributed by atoms with E-state index in [0.717, 1.165) is 30.4 Å². The van der Waals surface area contributed by atoms with Gasteiger partial charge in [-0.05, 0) is 24.4 Å². The molecule has 3 nitrogen and oxygen atoms in total. The van der Waals surface area contributed by atoms with Crippen LogP contribution < -0.4 is 4.90 Å². The number of rotatable bonds is 2. The lowest BCUT2D eigenvalue weighted by Crippen LogP contribution is -2.30. The molecule has 0 saturated carbocycles. The molecule has 0 amide bonds. The van der Waals surface area contributed by atoms with Gasteiger partial charge in [-0.2, -0.15) is 4.99 Å². The third-order valence-electron chi connectivity index (χ3n) is 2.12. The molecule has 1 aliphatic heterocycles. The molecule has 0 atom stereocenters. The summed E-state index contributed by atoms with van der Waals surface area (Å²) in [6, 6.07) is 7.92. The molecule has 0 spiro atoms. The van der Waals surface area contributed by atoms with Crippen molar-refractivity contribution < 1.29 is 4.18 Å². The van der Waals surface area contributed by atoms with Crippen molar-refractivity contribution in [2.45, 2.75) is 0 Å². The lowest BCUT2D eigenvalue weighted by molar-refractivity contribution is 0.367. The van der Waals surface area contributed by atoms with Crippen molar-refractivity contribution in [1.82, 2.24) is 0 Å². The minimum absolute atomic E-state index is 0.736. The van der Waals surface area contributed by atoms with Gasteiger partial charge in [0.05, 0.1) is 29.0 Å². The van der Waals surface area contributed by atoms with Gasteiger partial charge >= 0.3 is 0 Å². The van der Waals surface area contributed by atoms with Crippen LogP contribution in [0.25, 0.3) is 0 Å². The Balaban J connectivity index is 2.28. The first kappa shape index (κ1) is 10.6. The van der Waals surface area contributed by atoms with E-state index in [4.69, 9.17) is 4.18 Å². The molecule has 1 aliphatic rings. The van der Waals surface area contributed by atoms with Gasteiger partial charge in [-0.1, -0.05) is 12.1 Å². The minimum Gasteiger partial charge on any atom is -0.356 e. The van der Waals surface area contributed by atoms with Gasteiger partial charge in [-0.15, -0.1) is 0 Å². The van der Waals surface area contributed by atoms with Crippen LogP contribution in [0.4, 0.5) is 11.4 Å². The molecular formula is C10H10N2OS2. The smallest absolute Gasteiger partial charge is 0.0973 e. The Hall–Kier alpha value is -0.870. The molecule has 5 heteroatoms. The van der Waals surface area contributed by atoms with Crippen LogP contribution in [-0.2, 0) is 4.18 Å². The van der Waals surface area contributed by atoms with E-state index < -0.39 is 0 Å². The van der Waals surface area contributed by atoms with Gasteiger partial charge in [0.1, 0.15) is 0 Å². The molecule has 0 unspecified atom stereocenters. The van der Waals surface area contributed by atoms with Crippen molar-refractivity contribution in [3.05, 3.63) is 24.3 Å². The number of thiocarbonyl (C=S) groups is 1. The normalized spacial score (nSPS) is 15.9. The monoisotopic (exact) mass is 238 g/mol. The summed E-state index contributed by atoms with van der Waals surface area (Å²) in [5.41, 5.74) is 1.96. The molecule has 0 aliphatic carbocycles. The van der Waals surface area contributed by atoms with Gasteiger partial charge in [-0.3, -0.25) is 0 Å². The zero-order valence-electron chi connectivity index (χ0n) is 8.05. The zero-order valence-corrected chi connectivity index (χ0v) is 9.68. The highest BCUT2D eigenvalue weighted by molar-refractivity contribution is 7.94. The van der Waals surface area contributed by atoms with Crippen LogP contribution in [0.3, 0.4) is 0 Å². The average molecular weight is 238 g/mol. The second-order valence-electron chi connectivity index (χ2n) is 3.02. The van der Waals surface area contributed by atoms with Crippen LogP contribution in [0, 0.1) is 0 Å². The second kappa shape index (κ2) is 5.28.